The molecule has 0 aliphatic heterocycles. The van der Waals surface area contributed by atoms with Crippen molar-refractivity contribution in [1.82, 2.24) is 10.3 Å². The zero-order chi connectivity index (χ0) is 14.3. The first-order valence-electron chi connectivity index (χ1n) is 5.80. The predicted molar refractivity (Wildman–Crippen MR) is 75.8 cm³/mol. The predicted octanol–water partition coefficient (Wildman–Crippen LogP) is 2.04. The van der Waals surface area contributed by atoms with Gasteiger partial charge in [0.1, 0.15) is 0 Å². The second-order valence-corrected chi connectivity index (χ2v) is 5.20. The lowest BCUT2D eigenvalue weighted by atomic mass is 10.3. The van der Waals surface area contributed by atoms with Crippen molar-refractivity contribution in [3.8, 4) is 0 Å². The fourth-order valence-corrected chi connectivity index (χ4v) is 1.70. The number of nitrogens with one attached hydrogen (secondary N) is 2. The van der Waals surface area contributed by atoms with Crippen LogP contribution in [0, 0.1) is 0 Å². The average molecular weight is 283 g/mol. The largest absolute Gasteiger partial charge is 0.476 e. The van der Waals surface area contributed by atoms with Crippen LogP contribution in [0.2, 0.25) is 0 Å². The van der Waals surface area contributed by atoms with Gasteiger partial charge in [0.25, 0.3) is 0 Å². The Labute approximate surface area is 116 Å². The fourth-order valence-electron chi connectivity index (χ4n) is 1.35. The highest BCUT2D eigenvalue weighted by Gasteiger charge is 2.13. The lowest BCUT2D eigenvalue weighted by molar-refractivity contribution is 0.0692. The third-order valence-electron chi connectivity index (χ3n) is 2.50. The molecule has 0 saturated carbocycles. The molecule has 0 saturated heterocycles. The van der Waals surface area contributed by atoms with Crippen LogP contribution in [0.1, 0.15) is 23.8 Å². The van der Waals surface area contributed by atoms with E-state index in [1.54, 1.807) is 17.8 Å². The number of carboxylic acids is 1. The summed E-state index contributed by atoms with van der Waals surface area (Å²) in [7, 11) is 0. The minimum Gasteiger partial charge on any atom is -0.476 e. The molecule has 0 bridgehead atoms. The molecule has 0 aromatic carbocycles. The van der Waals surface area contributed by atoms with Gasteiger partial charge in [-0.15, -0.1) is 0 Å². The number of urea groups is 1. The van der Waals surface area contributed by atoms with E-state index in [-0.39, 0.29) is 11.4 Å². The van der Waals surface area contributed by atoms with Crippen molar-refractivity contribution >= 4 is 29.4 Å². The summed E-state index contributed by atoms with van der Waals surface area (Å²) in [6, 6.07) is 2.64. The highest BCUT2D eigenvalue weighted by molar-refractivity contribution is 7.99. The van der Waals surface area contributed by atoms with Crippen LogP contribution in [0.5, 0.6) is 0 Å². The molecule has 0 radical (unpaired) electrons. The number of aromatic nitrogens is 1. The van der Waals surface area contributed by atoms with Gasteiger partial charge in [-0.25, -0.2) is 14.6 Å². The molecule has 1 rings (SSSR count). The van der Waals surface area contributed by atoms with Crippen LogP contribution in [0.15, 0.2) is 18.3 Å². The monoisotopic (exact) mass is 283 g/mol. The summed E-state index contributed by atoms with van der Waals surface area (Å²) in [6.45, 7) is 2.62. The van der Waals surface area contributed by atoms with E-state index in [1.165, 1.54) is 12.3 Å². The Morgan fingerprint density at radius 3 is 2.89 bits per heavy atom. The maximum absolute atomic E-state index is 11.6. The minimum absolute atomic E-state index is 0.171. The Kier molecular flexibility index (Phi) is 6.14. The summed E-state index contributed by atoms with van der Waals surface area (Å²) < 4.78 is 0. The molecule has 104 valence electrons. The lowest BCUT2D eigenvalue weighted by Crippen LogP contribution is -2.31. The van der Waals surface area contributed by atoms with E-state index in [0.29, 0.717) is 11.8 Å². The second-order valence-electron chi connectivity index (χ2n) is 3.92. The Morgan fingerprint density at radius 1 is 1.53 bits per heavy atom. The van der Waals surface area contributed by atoms with Gasteiger partial charge in [-0.2, -0.15) is 11.8 Å². The first-order chi connectivity index (χ1) is 9.04. The van der Waals surface area contributed by atoms with Crippen LogP contribution in [-0.4, -0.2) is 40.1 Å². The number of nitrogens with zero attached hydrogens (tertiary/aromatic N) is 1. The van der Waals surface area contributed by atoms with E-state index in [2.05, 4.69) is 22.5 Å². The number of carbonyl (C=O) groups excluding carboxylic acids is 1. The molecule has 1 atom stereocenters. The zero-order valence-corrected chi connectivity index (χ0v) is 11.7. The van der Waals surface area contributed by atoms with Crippen molar-refractivity contribution in [3.63, 3.8) is 0 Å². The van der Waals surface area contributed by atoms with Gasteiger partial charge in [0.05, 0.1) is 5.69 Å². The number of hydrogen-bond donors (Lipinski definition) is 3. The quantitative estimate of drug-likeness (QED) is 0.743. The number of carbonyl (C=O) groups is 2. The van der Waals surface area contributed by atoms with Crippen molar-refractivity contribution in [1.29, 1.82) is 0 Å². The highest BCUT2D eigenvalue weighted by Crippen LogP contribution is 2.12. The molecule has 1 aromatic rings. The molecule has 0 fully saturated rings. The Morgan fingerprint density at radius 2 is 2.26 bits per heavy atom. The number of hydrogen-bond acceptors (Lipinski definition) is 4. The van der Waals surface area contributed by atoms with Crippen LogP contribution in [0.4, 0.5) is 10.5 Å². The summed E-state index contributed by atoms with van der Waals surface area (Å²) in [5.74, 6) is -1.17. The molecule has 2 amide bonds. The van der Waals surface area contributed by atoms with Crippen LogP contribution >= 0.6 is 11.8 Å². The topological polar surface area (TPSA) is 91.3 Å². The fraction of sp³-hybridized carbons (Fsp3) is 0.417. The van der Waals surface area contributed by atoms with Gasteiger partial charge in [0.15, 0.2) is 5.69 Å². The Bertz CT molecular complexity index is 454. The first kappa shape index (κ1) is 15.3. The smallest absolute Gasteiger partial charge is 0.356 e. The van der Waals surface area contributed by atoms with Gasteiger partial charge < -0.3 is 15.7 Å². The summed E-state index contributed by atoms with van der Waals surface area (Å²) in [5.41, 5.74) is 0.0144. The van der Waals surface area contributed by atoms with Crippen molar-refractivity contribution in [2.75, 3.05) is 18.1 Å². The van der Waals surface area contributed by atoms with Crippen molar-refractivity contribution in [3.05, 3.63) is 24.0 Å². The summed E-state index contributed by atoms with van der Waals surface area (Å²) in [6.07, 6.45) is 4.24. The molecule has 0 aliphatic rings. The lowest BCUT2D eigenvalue weighted by Gasteiger charge is -2.11. The van der Waals surface area contributed by atoms with E-state index < -0.39 is 12.0 Å². The second kappa shape index (κ2) is 7.63. The van der Waals surface area contributed by atoms with Gasteiger partial charge in [-0.1, -0.05) is 6.92 Å². The molecule has 3 N–H and O–H groups in total. The van der Waals surface area contributed by atoms with Crippen LogP contribution in [-0.2, 0) is 0 Å². The zero-order valence-electron chi connectivity index (χ0n) is 10.8. The summed E-state index contributed by atoms with van der Waals surface area (Å²) in [4.78, 5) is 26.2. The number of anilines is 1. The molecule has 0 spiro atoms. The van der Waals surface area contributed by atoms with Crippen molar-refractivity contribution in [2.24, 2.45) is 0 Å². The number of thioether (sulfide) groups is 1. The van der Waals surface area contributed by atoms with E-state index in [1.807, 2.05) is 6.26 Å². The molecule has 6 nitrogen and oxygen atoms in total. The molecule has 1 unspecified atom stereocenters. The summed E-state index contributed by atoms with van der Waals surface area (Å²) in [5, 5.41) is 14.6. The highest BCUT2D eigenvalue weighted by atomic mass is 32.2. The molecule has 19 heavy (non-hydrogen) atoms. The molecular weight excluding hydrogens is 266 g/mol. The third-order valence-corrected chi connectivity index (χ3v) is 3.54. The maximum Gasteiger partial charge on any atom is 0.356 e. The van der Waals surface area contributed by atoms with Crippen LogP contribution < -0.4 is 10.6 Å². The van der Waals surface area contributed by atoms with Gasteiger partial charge >= 0.3 is 12.0 Å². The van der Waals surface area contributed by atoms with Gasteiger partial charge in [0, 0.05) is 18.0 Å². The standard InChI is InChI=1S/C12H17N3O3S/c1-8(19-2)5-7-14-12(18)15-9-4-3-6-13-10(9)11(16)17/h3-4,6,8H,5,7H2,1-2H3,(H,16,17)(H2,14,15,18). The van der Waals surface area contributed by atoms with Crippen molar-refractivity contribution < 1.29 is 14.7 Å². The van der Waals surface area contributed by atoms with Gasteiger partial charge in [0.2, 0.25) is 0 Å². The van der Waals surface area contributed by atoms with Crippen molar-refractivity contribution in [2.45, 2.75) is 18.6 Å². The molecule has 1 aromatic heterocycles. The van der Waals surface area contributed by atoms with Gasteiger partial charge in [-0.3, -0.25) is 0 Å². The van der Waals surface area contributed by atoms with E-state index in [4.69, 9.17) is 5.11 Å². The number of amides is 2. The number of carboxylic acid groups (broad SMARTS) is 1. The molecule has 1 heterocycles. The van der Waals surface area contributed by atoms with E-state index >= 15 is 0 Å². The third kappa shape index (κ3) is 5.17. The number of rotatable bonds is 6. The maximum atomic E-state index is 11.6. The summed E-state index contributed by atoms with van der Waals surface area (Å²) >= 11 is 1.73. The Balaban J connectivity index is 2.51. The molecule has 0 aliphatic carbocycles. The van der Waals surface area contributed by atoms with E-state index in [9.17, 15) is 9.59 Å². The average Bonchev–Trinajstić information content (AvgIpc) is 2.38. The van der Waals surface area contributed by atoms with Crippen LogP contribution in [0.3, 0.4) is 0 Å². The SMILES string of the molecule is CSC(C)CCNC(=O)Nc1cccnc1C(=O)O. The first-order valence-corrected chi connectivity index (χ1v) is 7.09. The number of aromatic carboxylic acids is 1. The van der Waals surface area contributed by atoms with Gasteiger partial charge in [-0.05, 0) is 24.8 Å². The molecular formula is C12H17N3O3S. The minimum atomic E-state index is -1.17. The van der Waals surface area contributed by atoms with E-state index in [0.717, 1.165) is 6.42 Å². The normalized spacial score (nSPS) is 11.7. The molecule has 7 heteroatoms. The van der Waals surface area contributed by atoms with Crippen LogP contribution in [0.25, 0.3) is 0 Å². The Hall–Kier alpha value is -1.76. The number of pyridine rings is 1.